The maximum atomic E-state index is 12.1. The molecule has 0 spiro atoms. The molecule has 1 amide bonds. The smallest absolute Gasteiger partial charge is 0.331 e. The van der Waals surface area contributed by atoms with Gasteiger partial charge in [0.25, 0.3) is 0 Å². The molecule has 2 unspecified atom stereocenters. The maximum absolute atomic E-state index is 12.1. The van der Waals surface area contributed by atoms with Gasteiger partial charge >= 0.3 is 5.97 Å². The minimum Gasteiger partial charge on any atom is -0.478 e. The van der Waals surface area contributed by atoms with Gasteiger partial charge < -0.3 is 10.0 Å². The number of hydrogen-bond acceptors (Lipinski definition) is 2. The first-order valence-corrected chi connectivity index (χ1v) is 6.03. The molecule has 4 heteroatoms. The Bertz CT molecular complexity index is 350. The molecule has 17 heavy (non-hydrogen) atoms. The lowest BCUT2D eigenvalue weighted by Gasteiger charge is -2.35. The summed E-state index contributed by atoms with van der Waals surface area (Å²) in [5.74, 6) is -0.182. The molecule has 1 heterocycles. The van der Waals surface area contributed by atoms with Crippen LogP contribution in [0.25, 0.3) is 0 Å². The summed E-state index contributed by atoms with van der Waals surface area (Å²) in [5.41, 5.74) is 0.486. The Morgan fingerprint density at radius 1 is 1.06 bits per heavy atom. The van der Waals surface area contributed by atoms with E-state index in [0.29, 0.717) is 17.4 Å². The van der Waals surface area contributed by atoms with Crippen molar-refractivity contribution in [3.8, 4) is 0 Å². The topological polar surface area (TPSA) is 57.6 Å². The number of carboxylic acids is 1. The van der Waals surface area contributed by atoms with Crippen molar-refractivity contribution in [2.75, 3.05) is 13.1 Å². The van der Waals surface area contributed by atoms with E-state index in [2.05, 4.69) is 13.8 Å². The number of amides is 1. The zero-order valence-corrected chi connectivity index (χ0v) is 11.0. The Morgan fingerprint density at radius 2 is 1.53 bits per heavy atom. The lowest BCUT2D eigenvalue weighted by atomic mass is 9.91. The quantitative estimate of drug-likeness (QED) is 0.749. The molecule has 0 aromatic heterocycles. The van der Waals surface area contributed by atoms with Crippen LogP contribution in [0.15, 0.2) is 11.1 Å². The Kier molecular flexibility index (Phi) is 4.32. The molecule has 0 aromatic carbocycles. The van der Waals surface area contributed by atoms with Gasteiger partial charge in [-0.1, -0.05) is 13.8 Å². The van der Waals surface area contributed by atoms with E-state index in [4.69, 9.17) is 5.11 Å². The number of aliphatic carboxylic acids is 1. The molecule has 0 saturated carbocycles. The lowest BCUT2D eigenvalue weighted by Crippen LogP contribution is -2.43. The average Bonchev–Trinajstić information content (AvgIpc) is 2.24. The standard InChI is InChI=1S/C13H21NO3/c1-8-5-9(2)7-14(6-8)12(15)10(3)11(4)13(16)17/h8-9H,5-7H2,1-4H3,(H,16,17)/b11-10-. The van der Waals surface area contributed by atoms with E-state index < -0.39 is 5.97 Å². The Labute approximate surface area is 102 Å². The molecule has 4 nitrogen and oxygen atoms in total. The van der Waals surface area contributed by atoms with Crippen molar-refractivity contribution >= 4 is 11.9 Å². The first-order valence-electron chi connectivity index (χ1n) is 6.03. The number of nitrogens with zero attached hydrogens (tertiary/aromatic N) is 1. The summed E-state index contributed by atoms with van der Waals surface area (Å²) in [6, 6.07) is 0. The van der Waals surface area contributed by atoms with Gasteiger partial charge in [-0.3, -0.25) is 4.79 Å². The van der Waals surface area contributed by atoms with E-state index >= 15 is 0 Å². The number of hydrogen-bond donors (Lipinski definition) is 1. The molecule has 0 aliphatic carbocycles. The fraction of sp³-hybridized carbons (Fsp3) is 0.692. The molecule has 1 fully saturated rings. The zero-order valence-electron chi connectivity index (χ0n) is 11.0. The van der Waals surface area contributed by atoms with Crippen LogP contribution >= 0.6 is 0 Å². The number of rotatable bonds is 2. The molecule has 0 bridgehead atoms. The largest absolute Gasteiger partial charge is 0.478 e. The molecule has 96 valence electrons. The van der Waals surface area contributed by atoms with Gasteiger partial charge in [-0.15, -0.1) is 0 Å². The van der Waals surface area contributed by atoms with E-state index in [-0.39, 0.29) is 11.5 Å². The molecule has 1 saturated heterocycles. The number of likely N-dealkylation sites (tertiary alicyclic amines) is 1. The highest BCUT2D eigenvalue weighted by atomic mass is 16.4. The molecular weight excluding hydrogens is 218 g/mol. The van der Waals surface area contributed by atoms with Crippen LogP contribution in [0.3, 0.4) is 0 Å². The number of piperidine rings is 1. The van der Waals surface area contributed by atoms with E-state index in [1.807, 2.05) is 0 Å². The second-order valence-electron chi connectivity index (χ2n) is 5.21. The fourth-order valence-electron chi connectivity index (χ4n) is 2.39. The zero-order chi connectivity index (χ0) is 13.2. The van der Waals surface area contributed by atoms with Crippen molar-refractivity contribution in [1.29, 1.82) is 0 Å². The van der Waals surface area contributed by atoms with Crippen LogP contribution in [-0.2, 0) is 9.59 Å². The molecule has 1 rings (SSSR count). The Hall–Kier alpha value is -1.32. The van der Waals surface area contributed by atoms with Gasteiger partial charge in [0.05, 0.1) is 0 Å². The highest BCUT2D eigenvalue weighted by Crippen LogP contribution is 2.22. The van der Waals surface area contributed by atoms with Crippen molar-refractivity contribution in [1.82, 2.24) is 4.90 Å². The van der Waals surface area contributed by atoms with Crippen molar-refractivity contribution in [2.45, 2.75) is 34.1 Å². The van der Waals surface area contributed by atoms with E-state index in [1.165, 1.54) is 6.92 Å². The number of carbonyl (C=O) groups is 2. The Morgan fingerprint density at radius 3 is 1.94 bits per heavy atom. The lowest BCUT2D eigenvalue weighted by molar-refractivity contribution is -0.134. The third-order valence-electron chi connectivity index (χ3n) is 3.36. The van der Waals surface area contributed by atoms with Crippen LogP contribution in [0.5, 0.6) is 0 Å². The molecule has 2 atom stereocenters. The summed E-state index contributed by atoms with van der Waals surface area (Å²) in [6.45, 7) is 8.78. The summed E-state index contributed by atoms with van der Waals surface area (Å²) in [5, 5.41) is 8.88. The van der Waals surface area contributed by atoms with Crippen molar-refractivity contribution in [3.05, 3.63) is 11.1 Å². The van der Waals surface area contributed by atoms with Crippen LogP contribution in [-0.4, -0.2) is 35.0 Å². The normalized spacial score (nSPS) is 26.5. The maximum Gasteiger partial charge on any atom is 0.331 e. The monoisotopic (exact) mass is 239 g/mol. The van der Waals surface area contributed by atoms with Gasteiger partial charge in [-0.25, -0.2) is 4.79 Å². The summed E-state index contributed by atoms with van der Waals surface area (Å²) in [4.78, 5) is 24.7. The van der Waals surface area contributed by atoms with Crippen LogP contribution < -0.4 is 0 Å². The average molecular weight is 239 g/mol. The third kappa shape index (κ3) is 3.32. The molecular formula is C13H21NO3. The van der Waals surface area contributed by atoms with Crippen LogP contribution in [0.1, 0.15) is 34.1 Å². The Balaban J connectivity index is 2.83. The third-order valence-corrected chi connectivity index (χ3v) is 3.36. The van der Waals surface area contributed by atoms with E-state index in [1.54, 1.807) is 11.8 Å². The summed E-state index contributed by atoms with van der Waals surface area (Å²) >= 11 is 0. The highest BCUT2D eigenvalue weighted by Gasteiger charge is 2.27. The van der Waals surface area contributed by atoms with Gasteiger partial charge in [0, 0.05) is 24.2 Å². The molecule has 0 radical (unpaired) electrons. The first-order chi connectivity index (χ1) is 7.82. The van der Waals surface area contributed by atoms with Gasteiger partial charge in [-0.2, -0.15) is 0 Å². The van der Waals surface area contributed by atoms with Crippen molar-refractivity contribution < 1.29 is 14.7 Å². The van der Waals surface area contributed by atoms with Gasteiger partial charge in [0.2, 0.25) is 5.91 Å². The summed E-state index contributed by atoms with van der Waals surface area (Å²) < 4.78 is 0. The molecule has 1 aliphatic heterocycles. The first kappa shape index (κ1) is 13.7. The minimum absolute atomic E-state index is 0.136. The van der Waals surface area contributed by atoms with E-state index in [9.17, 15) is 9.59 Å². The van der Waals surface area contributed by atoms with Crippen molar-refractivity contribution in [3.63, 3.8) is 0 Å². The molecule has 1 aliphatic rings. The van der Waals surface area contributed by atoms with Gasteiger partial charge in [0.1, 0.15) is 0 Å². The summed E-state index contributed by atoms with van der Waals surface area (Å²) in [7, 11) is 0. The van der Waals surface area contributed by atoms with Crippen molar-refractivity contribution in [2.24, 2.45) is 11.8 Å². The van der Waals surface area contributed by atoms with Crippen LogP contribution in [0, 0.1) is 11.8 Å². The second kappa shape index (κ2) is 5.34. The SMILES string of the molecule is C/C(C(=O)O)=C(\C)C(=O)N1CC(C)CC(C)C1. The van der Waals surface area contributed by atoms with Gasteiger partial charge in [0.15, 0.2) is 0 Å². The van der Waals surface area contributed by atoms with Crippen LogP contribution in [0.4, 0.5) is 0 Å². The predicted molar refractivity (Wildman–Crippen MR) is 65.5 cm³/mol. The molecule has 0 aromatic rings. The highest BCUT2D eigenvalue weighted by molar-refractivity contribution is 6.01. The number of carboxylic acid groups (broad SMARTS) is 1. The molecule has 1 N–H and O–H groups in total. The van der Waals surface area contributed by atoms with Gasteiger partial charge in [-0.05, 0) is 32.1 Å². The minimum atomic E-state index is -1.02. The fourth-order valence-corrected chi connectivity index (χ4v) is 2.39. The number of carbonyl (C=O) groups excluding carboxylic acids is 1. The van der Waals surface area contributed by atoms with Crippen LogP contribution in [0.2, 0.25) is 0 Å². The predicted octanol–water partition coefficient (Wildman–Crippen LogP) is 1.91. The van der Waals surface area contributed by atoms with E-state index in [0.717, 1.165) is 19.5 Å². The second-order valence-corrected chi connectivity index (χ2v) is 5.21. The summed E-state index contributed by atoms with van der Waals surface area (Å²) in [6.07, 6.45) is 1.13.